The fraction of sp³-hybridized carbons (Fsp3) is 0.227. The molecule has 0 radical (unpaired) electrons. The maximum Gasteiger partial charge on any atom is 0.270 e. The van der Waals surface area contributed by atoms with Crippen LogP contribution in [-0.4, -0.2) is 36.1 Å². The molecule has 0 aliphatic rings. The summed E-state index contributed by atoms with van der Waals surface area (Å²) in [7, 11) is 1.62. The number of rotatable bonds is 9. The lowest BCUT2D eigenvalue weighted by Gasteiger charge is -2.09. The largest absolute Gasteiger partial charge is 0.497 e. The SMILES string of the molecule is COc1ccc(OCCNc2cc(C(=O)NCc3cccc(C)c3)ncn2)cc1. The molecule has 0 saturated heterocycles. The van der Waals surface area contributed by atoms with Gasteiger partial charge in [0.1, 0.15) is 35.9 Å². The molecule has 0 saturated carbocycles. The van der Waals surface area contributed by atoms with Crippen LogP contribution in [0.3, 0.4) is 0 Å². The first kappa shape index (κ1) is 20.1. The summed E-state index contributed by atoms with van der Waals surface area (Å²) in [5.74, 6) is 1.86. The third-order valence-corrected chi connectivity index (χ3v) is 4.17. The minimum absolute atomic E-state index is 0.244. The van der Waals surface area contributed by atoms with Crippen molar-refractivity contribution in [1.29, 1.82) is 0 Å². The molecular weight excluding hydrogens is 368 g/mol. The van der Waals surface area contributed by atoms with Crippen molar-refractivity contribution in [2.24, 2.45) is 0 Å². The van der Waals surface area contributed by atoms with Gasteiger partial charge in [-0.1, -0.05) is 29.8 Å². The first-order chi connectivity index (χ1) is 14.1. The van der Waals surface area contributed by atoms with Crippen LogP contribution in [0.4, 0.5) is 5.82 Å². The van der Waals surface area contributed by atoms with E-state index in [1.165, 1.54) is 6.33 Å². The second kappa shape index (κ2) is 10.1. The Kier molecular flexibility index (Phi) is 7.00. The fourth-order valence-electron chi connectivity index (χ4n) is 2.69. The third-order valence-electron chi connectivity index (χ3n) is 4.17. The Labute approximate surface area is 170 Å². The average Bonchev–Trinajstić information content (AvgIpc) is 2.76. The lowest BCUT2D eigenvalue weighted by atomic mass is 10.1. The topological polar surface area (TPSA) is 85.4 Å². The number of nitrogens with zero attached hydrogens (tertiary/aromatic N) is 2. The number of ether oxygens (including phenoxy) is 2. The zero-order valence-electron chi connectivity index (χ0n) is 16.5. The molecule has 1 aromatic heterocycles. The van der Waals surface area contributed by atoms with Gasteiger partial charge in [0.25, 0.3) is 5.91 Å². The Bertz CT molecular complexity index is 945. The van der Waals surface area contributed by atoms with Crippen LogP contribution in [0.1, 0.15) is 21.6 Å². The highest BCUT2D eigenvalue weighted by Gasteiger charge is 2.08. The van der Waals surface area contributed by atoms with Crippen LogP contribution >= 0.6 is 0 Å². The molecule has 7 heteroatoms. The number of aryl methyl sites for hydroxylation is 1. The van der Waals surface area contributed by atoms with Crippen LogP contribution in [0.25, 0.3) is 0 Å². The minimum Gasteiger partial charge on any atom is -0.497 e. The second-order valence-electron chi connectivity index (χ2n) is 6.41. The molecule has 0 aliphatic heterocycles. The van der Waals surface area contributed by atoms with Gasteiger partial charge >= 0.3 is 0 Å². The molecule has 0 bridgehead atoms. The van der Waals surface area contributed by atoms with Crippen molar-refractivity contribution in [2.75, 3.05) is 25.6 Å². The summed E-state index contributed by atoms with van der Waals surface area (Å²) in [4.78, 5) is 20.6. The van der Waals surface area contributed by atoms with Crippen molar-refractivity contribution < 1.29 is 14.3 Å². The number of hydrogen-bond acceptors (Lipinski definition) is 6. The molecule has 150 valence electrons. The van der Waals surface area contributed by atoms with Gasteiger partial charge in [-0.05, 0) is 36.8 Å². The predicted octanol–water partition coefficient (Wildman–Crippen LogP) is 3.21. The summed E-state index contributed by atoms with van der Waals surface area (Å²) in [6.07, 6.45) is 1.37. The predicted molar refractivity (Wildman–Crippen MR) is 111 cm³/mol. The van der Waals surface area contributed by atoms with Crippen LogP contribution in [0.2, 0.25) is 0 Å². The van der Waals surface area contributed by atoms with Crippen molar-refractivity contribution in [1.82, 2.24) is 15.3 Å². The quantitative estimate of drug-likeness (QED) is 0.544. The van der Waals surface area contributed by atoms with Crippen molar-refractivity contribution in [2.45, 2.75) is 13.5 Å². The Balaban J connectivity index is 1.46. The summed E-state index contributed by atoms with van der Waals surface area (Å²) >= 11 is 0. The lowest BCUT2D eigenvalue weighted by molar-refractivity contribution is 0.0945. The number of hydrogen-bond donors (Lipinski definition) is 2. The van der Waals surface area contributed by atoms with Gasteiger partial charge in [-0.3, -0.25) is 4.79 Å². The van der Waals surface area contributed by atoms with E-state index in [4.69, 9.17) is 9.47 Å². The number of methoxy groups -OCH3 is 1. The number of benzene rings is 2. The van der Waals surface area contributed by atoms with Crippen LogP contribution in [0, 0.1) is 6.92 Å². The summed E-state index contributed by atoms with van der Waals surface area (Å²) in [6.45, 7) is 3.45. The van der Waals surface area contributed by atoms with E-state index in [2.05, 4.69) is 20.6 Å². The maximum absolute atomic E-state index is 12.4. The van der Waals surface area contributed by atoms with E-state index >= 15 is 0 Å². The molecule has 0 fully saturated rings. The molecule has 2 aromatic carbocycles. The van der Waals surface area contributed by atoms with Crippen LogP contribution in [0.15, 0.2) is 60.9 Å². The molecule has 1 heterocycles. The first-order valence-corrected chi connectivity index (χ1v) is 9.30. The van der Waals surface area contributed by atoms with E-state index in [-0.39, 0.29) is 5.91 Å². The number of carbonyl (C=O) groups excluding carboxylic acids is 1. The first-order valence-electron chi connectivity index (χ1n) is 9.30. The highest BCUT2D eigenvalue weighted by Crippen LogP contribution is 2.16. The number of carbonyl (C=O) groups is 1. The number of anilines is 1. The summed E-state index contributed by atoms with van der Waals surface area (Å²) in [6, 6.07) is 17.0. The minimum atomic E-state index is -0.244. The normalized spacial score (nSPS) is 10.3. The van der Waals surface area contributed by atoms with E-state index in [0.717, 1.165) is 22.6 Å². The Morgan fingerprint density at radius 2 is 1.83 bits per heavy atom. The molecule has 0 spiro atoms. The highest BCUT2D eigenvalue weighted by molar-refractivity contribution is 5.92. The molecule has 7 nitrogen and oxygen atoms in total. The number of nitrogens with one attached hydrogen (secondary N) is 2. The van der Waals surface area contributed by atoms with E-state index in [0.29, 0.717) is 31.2 Å². The van der Waals surface area contributed by atoms with Gasteiger partial charge in [-0.15, -0.1) is 0 Å². The zero-order valence-corrected chi connectivity index (χ0v) is 16.5. The second-order valence-corrected chi connectivity index (χ2v) is 6.41. The molecule has 2 N–H and O–H groups in total. The Hall–Kier alpha value is -3.61. The van der Waals surface area contributed by atoms with Gasteiger partial charge in [0.2, 0.25) is 0 Å². The molecule has 3 rings (SSSR count). The van der Waals surface area contributed by atoms with Crippen LogP contribution in [0.5, 0.6) is 11.5 Å². The van der Waals surface area contributed by atoms with Gasteiger partial charge in [0.15, 0.2) is 0 Å². The molecule has 29 heavy (non-hydrogen) atoms. The van der Waals surface area contributed by atoms with Crippen LogP contribution < -0.4 is 20.1 Å². The maximum atomic E-state index is 12.4. The third kappa shape index (κ3) is 6.21. The van der Waals surface area contributed by atoms with Crippen LogP contribution in [-0.2, 0) is 6.54 Å². The molecule has 3 aromatic rings. The van der Waals surface area contributed by atoms with Gasteiger partial charge in [-0.25, -0.2) is 9.97 Å². The van der Waals surface area contributed by atoms with Gasteiger partial charge in [0, 0.05) is 12.6 Å². The molecular formula is C22H24N4O3. The number of amides is 1. The molecule has 1 amide bonds. The van der Waals surface area contributed by atoms with Crippen molar-refractivity contribution in [3.63, 3.8) is 0 Å². The highest BCUT2D eigenvalue weighted by atomic mass is 16.5. The van der Waals surface area contributed by atoms with E-state index in [1.54, 1.807) is 13.2 Å². The summed E-state index contributed by atoms with van der Waals surface area (Å²) < 4.78 is 10.8. The van der Waals surface area contributed by atoms with E-state index in [9.17, 15) is 4.79 Å². The summed E-state index contributed by atoms with van der Waals surface area (Å²) in [5.41, 5.74) is 2.51. The van der Waals surface area contributed by atoms with Crippen molar-refractivity contribution in [3.8, 4) is 11.5 Å². The molecule has 0 unspecified atom stereocenters. The van der Waals surface area contributed by atoms with Crippen molar-refractivity contribution >= 4 is 11.7 Å². The summed E-state index contributed by atoms with van der Waals surface area (Å²) in [5, 5.41) is 6.01. The fourth-order valence-corrected chi connectivity index (χ4v) is 2.69. The Morgan fingerprint density at radius 3 is 2.59 bits per heavy atom. The average molecular weight is 392 g/mol. The lowest BCUT2D eigenvalue weighted by Crippen LogP contribution is -2.24. The molecule has 0 aliphatic carbocycles. The molecule has 0 atom stereocenters. The monoisotopic (exact) mass is 392 g/mol. The standard InChI is InChI=1S/C22H24N4O3/c1-16-4-3-5-17(12-16)14-24-22(27)20-13-21(26-15-25-20)23-10-11-29-19-8-6-18(28-2)7-9-19/h3-9,12-13,15H,10-11,14H2,1-2H3,(H,24,27)(H,23,25,26). The van der Waals surface area contributed by atoms with E-state index in [1.807, 2.05) is 55.5 Å². The van der Waals surface area contributed by atoms with Gasteiger partial charge in [-0.2, -0.15) is 0 Å². The van der Waals surface area contributed by atoms with Gasteiger partial charge < -0.3 is 20.1 Å². The Morgan fingerprint density at radius 1 is 1.03 bits per heavy atom. The van der Waals surface area contributed by atoms with E-state index < -0.39 is 0 Å². The van der Waals surface area contributed by atoms with Gasteiger partial charge in [0.05, 0.1) is 13.7 Å². The van der Waals surface area contributed by atoms with Crippen molar-refractivity contribution in [3.05, 3.63) is 77.7 Å². The number of aromatic nitrogens is 2. The smallest absolute Gasteiger partial charge is 0.270 e. The zero-order chi connectivity index (χ0) is 20.5.